The van der Waals surface area contributed by atoms with Gasteiger partial charge < -0.3 is 15.2 Å². The second-order valence-corrected chi connectivity index (χ2v) is 7.02. The molecular weight excluding hydrogens is 369 g/mol. The van der Waals surface area contributed by atoms with Crippen molar-refractivity contribution in [3.63, 3.8) is 0 Å². The number of pyridine rings is 1. The Morgan fingerprint density at radius 3 is 2.74 bits per heavy atom. The lowest BCUT2D eigenvalue weighted by atomic mass is 10.0. The molecule has 4 rings (SSSR count). The van der Waals surface area contributed by atoms with Gasteiger partial charge in [0.1, 0.15) is 5.82 Å². The monoisotopic (exact) mass is 385 g/mol. The highest BCUT2D eigenvalue weighted by molar-refractivity contribution is 6.31. The molecule has 1 unspecified atom stereocenters. The Morgan fingerprint density at radius 1 is 1.26 bits per heavy atom. The van der Waals surface area contributed by atoms with Crippen molar-refractivity contribution in [1.82, 2.24) is 9.88 Å². The summed E-state index contributed by atoms with van der Waals surface area (Å²) < 4.78 is 13.3. The lowest BCUT2D eigenvalue weighted by Crippen LogP contribution is -2.34. The summed E-state index contributed by atoms with van der Waals surface area (Å²) in [5.74, 6) is -0.539. The van der Waals surface area contributed by atoms with E-state index in [1.165, 1.54) is 18.2 Å². The number of hydrogen-bond donors (Lipinski definition) is 2. The lowest BCUT2D eigenvalue weighted by molar-refractivity contribution is 0.204. The number of amides is 2. The molecule has 2 aromatic carbocycles. The number of benzene rings is 2. The number of hydrogen-bond acceptors (Lipinski definition) is 2. The summed E-state index contributed by atoms with van der Waals surface area (Å²) in [5, 5.41) is 4.17. The number of nitrogens with one attached hydrogen (secondary N) is 2. The van der Waals surface area contributed by atoms with Crippen molar-refractivity contribution in [3.05, 3.63) is 74.9 Å². The van der Waals surface area contributed by atoms with Crippen molar-refractivity contribution in [3.8, 4) is 0 Å². The SMILES string of the molecule is CN(C(=O)Nc1ccc(F)c(Cl)c1)C1CCc2[nH]c(=O)c3ccccc3c21. The first-order valence-corrected chi connectivity index (χ1v) is 8.96. The van der Waals surface area contributed by atoms with Crippen LogP contribution in [0.1, 0.15) is 23.7 Å². The third kappa shape index (κ3) is 3.06. The van der Waals surface area contributed by atoms with Gasteiger partial charge in [-0.3, -0.25) is 4.79 Å². The van der Waals surface area contributed by atoms with Crippen LogP contribution < -0.4 is 10.9 Å². The zero-order valence-corrected chi connectivity index (χ0v) is 15.3. The number of rotatable bonds is 2. The summed E-state index contributed by atoms with van der Waals surface area (Å²) in [6.07, 6.45) is 1.41. The maximum Gasteiger partial charge on any atom is 0.322 e. The third-order valence-corrected chi connectivity index (χ3v) is 5.30. The molecule has 1 aliphatic rings. The Bertz CT molecular complexity index is 1110. The minimum atomic E-state index is -0.539. The van der Waals surface area contributed by atoms with Crippen LogP contribution in [0.3, 0.4) is 0 Å². The molecule has 27 heavy (non-hydrogen) atoms. The van der Waals surface area contributed by atoms with E-state index in [1.54, 1.807) is 18.0 Å². The number of halogens is 2. The zero-order chi connectivity index (χ0) is 19.1. The van der Waals surface area contributed by atoms with Crippen molar-refractivity contribution in [2.45, 2.75) is 18.9 Å². The Morgan fingerprint density at radius 2 is 2.00 bits per heavy atom. The molecule has 1 aromatic heterocycles. The van der Waals surface area contributed by atoms with Crippen molar-refractivity contribution >= 4 is 34.1 Å². The van der Waals surface area contributed by atoms with Crippen LogP contribution in [0.15, 0.2) is 47.3 Å². The summed E-state index contributed by atoms with van der Waals surface area (Å²) in [7, 11) is 1.71. The van der Waals surface area contributed by atoms with Crippen LogP contribution in [0, 0.1) is 5.82 Å². The molecule has 0 spiro atoms. The largest absolute Gasteiger partial charge is 0.325 e. The van der Waals surface area contributed by atoms with Crippen LogP contribution in [-0.4, -0.2) is 23.0 Å². The molecule has 0 radical (unpaired) electrons. The molecule has 138 valence electrons. The van der Waals surface area contributed by atoms with Crippen molar-refractivity contribution < 1.29 is 9.18 Å². The number of nitrogens with zero attached hydrogens (tertiary/aromatic N) is 1. The molecule has 2 amide bonds. The molecule has 3 aromatic rings. The number of aromatic amines is 1. The van der Waals surface area contributed by atoms with E-state index in [0.717, 1.165) is 16.6 Å². The topological polar surface area (TPSA) is 65.2 Å². The first kappa shape index (κ1) is 17.5. The number of H-pyrrole nitrogens is 1. The molecule has 1 aliphatic carbocycles. The number of anilines is 1. The molecule has 2 N–H and O–H groups in total. The van der Waals surface area contributed by atoms with Crippen molar-refractivity contribution in [2.24, 2.45) is 0 Å². The molecule has 0 saturated heterocycles. The van der Waals surface area contributed by atoms with Gasteiger partial charge in [0, 0.05) is 29.4 Å². The highest BCUT2D eigenvalue weighted by Crippen LogP contribution is 2.38. The molecule has 0 fully saturated rings. The smallest absolute Gasteiger partial charge is 0.322 e. The summed E-state index contributed by atoms with van der Waals surface area (Å²) in [6.45, 7) is 0. The van der Waals surface area contributed by atoms with Crippen LogP contribution >= 0.6 is 11.6 Å². The van der Waals surface area contributed by atoms with E-state index < -0.39 is 5.82 Å². The molecule has 1 atom stereocenters. The fourth-order valence-electron chi connectivity index (χ4n) is 3.67. The van der Waals surface area contributed by atoms with Crippen LogP contribution in [-0.2, 0) is 6.42 Å². The lowest BCUT2D eigenvalue weighted by Gasteiger charge is -2.26. The Hall–Kier alpha value is -2.86. The number of aryl methyl sites for hydroxylation is 1. The maximum atomic E-state index is 13.3. The van der Waals surface area contributed by atoms with E-state index in [2.05, 4.69) is 10.3 Å². The number of fused-ring (bicyclic) bond motifs is 3. The van der Waals surface area contributed by atoms with Gasteiger partial charge in [-0.2, -0.15) is 0 Å². The second kappa shape index (κ2) is 6.70. The fourth-order valence-corrected chi connectivity index (χ4v) is 3.85. The van der Waals surface area contributed by atoms with E-state index in [4.69, 9.17) is 11.6 Å². The van der Waals surface area contributed by atoms with Crippen molar-refractivity contribution in [2.75, 3.05) is 12.4 Å². The highest BCUT2D eigenvalue weighted by Gasteiger charge is 2.31. The number of aromatic nitrogens is 1. The second-order valence-electron chi connectivity index (χ2n) is 6.62. The third-order valence-electron chi connectivity index (χ3n) is 5.01. The van der Waals surface area contributed by atoms with Gasteiger partial charge >= 0.3 is 6.03 Å². The minimum absolute atomic E-state index is 0.0507. The molecule has 5 nitrogen and oxygen atoms in total. The van der Waals surface area contributed by atoms with Gasteiger partial charge in [0.05, 0.1) is 11.1 Å². The quantitative estimate of drug-likeness (QED) is 0.683. The van der Waals surface area contributed by atoms with Gasteiger partial charge in [-0.1, -0.05) is 29.8 Å². The first-order chi connectivity index (χ1) is 13.0. The number of urea groups is 1. The van der Waals surface area contributed by atoms with E-state index in [-0.39, 0.29) is 22.7 Å². The van der Waals surface area contributed by atoms with E-state index in [9.17, 15) is 14.0 Å². The van der Waals surface area contributed by atoms with E-state index in [0.29, 0.717) is 23.9 Å². The van der Waals surface area contributed by atoms with Crippen LogP contribution in [0.25, 0.3) is 10.8 Å². The summed E-state index contributed by atoms with van der Waals surface area (Å²) in [5.41, 5.74) is 2.15. The van der Waals surface area contributed by atoms with Crippen molar-refractivity contribution in [1.29, 1.82) is 0 Å². The van der Waals surface area contributed by atoms with Crippen LogP contribution in [0.5, 0.6) is 0 Å². The average molecular weight is 386 g/mol. The van der Waals surface area contributed by atoms with Gasteiger partial charge in [-0.25, -0.2) is 9.18 Å². The number of carbonyl (C=O) groups is 1. The standard InChI is InChI=1S/C20H17ClFN3O2/c1-25(20(27)23-11-6-7-15(22)14(21)10-11)17-9-8-16-18(17)12-4-2-3-5-13(12)19(26)24-16/h2-7,10,17H,8-9H2,1H3,(H,23,27)(H,24,26). The molecular formula is C20H17ClFN3O2. The Balaban J connectivity index is 1.66. The van der Waals surface area contributed by atoms with E-state index >= 15 is 0 Å². The summed E-state index contributed by atoms with van der Waals surface area (Å²) in [6, 6.07) is 10.9. The van der Waals surface area contributed by atoms with Gasteiger partial charge in [-0.05, 0) is 42.5 Å². The predicted molar refractivity (Wildman–Crippen MR) is 104 cm³/mol. The maximum absolute atomic E-state index is 13.3. The van der Waals surface area contributed by atoms with E-state index in [1.807, 2.05) is 18.2 Å². The van der Waals surface area contributed by atoms with Gasteiger partial charge in [0.2, 0.25) is 0 Å². The minimum Gasteiger partial charge on any atom is -0.325 e. The summed E-state index contributed by atoms with van der Waals surface area (Å²) >= 11 is 5.78. The Labute approximate surface area is 159 Å². The molecule has 0 saturated carbocycles. The Kier molecular flexibility index (Phi) is 4.36. The average Bonchev–Trinajstić information content (AvgIpc) is 3.08. The zero-order valence-electron chi connectivity index (χ0n) is 14.6. The van der Waals surface area contributed by atoms with Crippen LogP contribution in [0.4, 0.5) is 14.9 Å². The normalized spacial score (nSPS) is 15.6. The van der Waals surface area contributed by atoms with Gasteiger partial charge in [0.15, 0.2) is 0 Å². The number of carbonyl (C=O) groups excluding carboxylic acids is 1. The molecule has 0 aliphatic heterocycles. The molecule has 0 bridgehead atoms. The molecule has 7 heteroatoms. The summed E-state index contributed by atoms with van der Waals surface area (Å²) in [4.78, 5) is 29.5. The van der Waals surface area contributed by atoms with Crippen LogP contribution in [0.2, 0.25) is 5.02 Å². The van der Waals surface area contributed by atoms with Gasteiger partial charge in [0.25, 0.3) is 5.56 Å². The highest BCUT2D eigenvalue weighted by atomic mass is 35.5. The van der Waals surface area contributed by atoms with Gasteiger partial charge in [-0.15, -0.1) is 0 Å². The molecule has 1 heterocycles. The predicted octanol–water partition coefficient (Wildman–Crippen LogP) is 4.47. The fraction of sp³-hybridized carbons (Fsp3) is 0.200. The first-order valence-electron chi connectivity index (χ1n) is 8.58.